The zero-order valence-electron chi connectivity index (χ0n) is 10.1. The first kappa shape index (κ1) is 13.2. The lowest BCUT2D eigenvalue weighted by atomic mass is 10.3. The third-order valence-electron chi connectivity index (χ3n) is 2.30. The third-order valence-corrected chi connectivity index (χ3v) is 3.04. The first-order valence-corrected chi connectivity index (χ1v) is 6.55. The molecule has 2 N–H and O–H groups in total. The molecule has 98 valence electrons. The van der Waals surface area contributed by atoms with E-state index in [2.05, 4.69) is 4.98 Å². The molecule has 0 atom stereocenters. The number of hydrogen-bond acceptors (Lipinski definition) is 6. The molecule has 0 spiro atoms. The van der Waals surface area contributed by atoms with Crippen LogP contribution in [0.25, 0.3) is 0 Å². The summed E-state index contributed by atoms with van der Waals surface area (Å²) in [5.41, 5.74) is 5.35. The van der Waals surface area contributed by atoms with Gasteiger partial charge in [-0.05, 0) is 30.5 Å². The van der Waals surface area contributed by atoms with Gasteiger partial charge in [-0.2, -0.15) is 4.98 Å². The molecule has 0 aliphatic rings. The Labute approximate surface area is 113 Å². The quantitative estimate of drug-likeness (QED) is 0.524. The van der Waals surface area contributed by atoms with Gasteiger partial charge in [-0.25, -0.2) is 0 Å². The monoisotopic (exact) mass is 277 g/mol. The van der Waals surface area contributed by atoms with Gasteiger partial charge >= 0.3 is 0 Å². The minimum atomic E-state index is -0.540. The average molecular weight is 277 g/mol. The topological polar surface area (TPSA) is 91.3 Å². The van der Waals surface area contributed by atoms with Crippen molar-refractivity contribution in [3.63, 3.8) is 0 Å². The zero-order valence-corrected chi connectivity index (χ0v) is 10.9. The van der Waals surface area contributed by atoms with E-state index in [0.29, 0.717) is 5.75 Å². The fraction of sp³-hybridized carbons (Fsp3) is 0.0833. The Hall–Kier alpha value is -2.28. The molecule has 0 bridgehead atoms. The van der Waals surface area contributed by atoms with Crippen LogP contribution in [0.3, 0.4) is 0 Å². The number of nitrogens with zero attached hydrogens (tertiary/aromatic N) is 2. The van der Waals surface area contributed by atoms with Gasteiger partial charge in [0.1, 0.15) is 11.6 Å². The van der Waals surface area contributed by atoms with Crippen LogP contribution < -0.4 is 10.5 Å². The number of rotatable bonds is 4. The van der Waals surface area contributed by atoms with Gasteiger partial charge < -0.3 is 10.5 Å². The summed E-state index contributed by atoms with van der Waals surface area (Å²) in [7, 11) is 0. The highest BCUT2D eigenvalue weighted by Gasteiger charge is 2.11. The van der Waals surface area contributed by atoms with E-state index in [9.17, 15) is 10.1 Å². The van der Waals surface area contributed by atoms with E-state index in [0.717, 1.165) is 4.90 Å². The number of benzene rings is 1. The standard InChI is InChI=1S/C12H11N3O3S/c1-19-10-4-2-9(3-5-10)18-12-7-8(15(16)17)6-11(13)14-12/h2-7H,1H3,(H2,13,14). The van der Waals surface area contributed by atoms with Crippen molar-refractivity contribution in [2.75, 3.05) is 12.0 Å². The zero-order chi connectivity index (χ0) is 13.8. The van der Waals surface area contributed by atoms with E-state index in [1.165, 1.54) is 12.1 Å². The number of ether oxygens (including phenoxy) is 1. The maximum absolute atomic E-state index is 10.7. The highest BCUT2D eigenvalue weighted by Crippen LogP contribution is 2.26. The van der Waals surface area contributed by atoms with E-state index in [1.807, 2.05) is 18.4 Å². The normalized spacial score (nSPS) is 10.2. The summed E-state index contributed by atoms with van der Waals surface area (Å²) in [5, 5.41) is 10.7. The number of nitro groups is 1. The highest BCUT2D eigenvalue weighted by molar-refractivity contribution is 7.98. The second-order valence-electron chi connectivity index (χ2n) is 3.62. The Kier molecular flexibility index (Phi) is 3.86. The Morgan fingerprint density at radius 1 is 1.32 bits per heavy atom. The number of nitrogen functional groups attached to an aromatic ring is 1. The number of aromatic nitrogens is 1. The molecule has 2 rings (SSSR count). The number of pyridine rings is 1. The molecule has 1 aromatic heterocycles. The fourth-order valence-corrected chi connectivity index (χ4v) is 1.84. The molecule has 0 aliphatic carbocycles. The summed E-state index contributed by atoms with van der Waals surface area (Å²) in [4.78, 5) is 15.2. The maximum Gasteiger partial charge on any atom is 0.278 e. The molecule has 0 amide bonds. The van der Waals surface area contributed by atoms with E-state index in [-0.39, 0.29) is 17.4 Å². The van der Waals surface area contributed by atoms with Crippen LogP contribution >= 0.6 is 11.8 Å². The van der Waals surface area contributed by atoms with Crippen molar-refractivity contribution in [3.8, 4) is 11.6 Å². The minimum Gasteiger partial charge on any atom is -0.439 e. The summed E-state index contributed by atoms with van der Waals surface area (Å²) in [5.74, 6) is 0.693. The van der Waals surface area contributed by atoms with Crippen molar-refractivity contribution >= 4 is 23.3 Å². The second-order valence-corrected chi connectivity index (χ2v) is 4.50. The highest BCUT2D eigenvalue weighted by atomic mass is 32.2. The third kappa shape index (κ3) is 3.35. The van der Waals surface area contributed by atoms with Crippen LogP contribution in [0.4, 0.5) is 11.5 Å². The smallest absolute Gasteiger partial charge is 0.278 e. The van der Waals surface area contributed by atoms with Crippen LogP contribution in [0.5, 0.6) is 11.6 Å². The fourth-order valence-electron chi connectivity index (χ4n) is 1.43. The molecule has 0 aliphatic heterocycles. The van der Waals surface area contributed by atoms with Crippen LogP contribution in [-0.2, 0) is 0 Å². The van der Waals surface area contributed by atoms with Gasteiger partial charge in [-0.1, -0.05) is 0 Å². The van der Waals surface area contributed by atoms with Crippen LogP contribution in [-0.4, -0.2) is 16.2 Å². The number of hydrogen-bond donors (Lipinski definition) is 1. The number of anilines is 1. The Morgan fingerprint density at radius 2 is 2.00 bits per heavy atom. The average Bonchev–Trinajstić information content (AvgIpc) is 2.39. The Bertz CT molecular complexity index is 602. The molecule has 0 fully saturated rings. The molecular formula is C12H11N3O3S. The van der Waals surface area contributed by atoms with Crippen molar-refractivity contribution in [1.82, 2.24) is 4.98 Å². The molecule has 0 saturated carbocycles. The summed E-state index contributed by atoms with van der Waals surface area (Å²) in [6.45, 7) is 0. The SMILES string of the molecule is CSc1ccc(Oc2cc([N+](=O)[O-])cc(N)n2)cc1. The lowest BCUT2D eigenvalue weighted by Gasteiger charge is -2.06. The van der Waals surface area contributed by atoms with Gasteiger partial charge in [0.05, 0.1) is 17.1 Å². The van der Waals surface area contributed by atoms with Gasteiger partial charge in [-0.3, -0.25) is 10.1 Å². The first-order valence-electron chi connectivity index (χ1n) is 5.32. The molecule has 0 unspecified atom stereocenters. The lowest BCUT2D eigenvalue weighted by Crippen LogP contribution is -1.97. The number of thioether (sulfide) groups is 1. The van der Waals surface area contributed by atoms with Gasteiger partial charge in [-0.15, -0.1) is 11.8 Å². The van der Waals surface area contributed by atoms with Gasteiger partial charge in [0.2, 0.25) is 5.88 Å². The molecule has 1 heterocycles. The van der Waals surface area contributed by atoms with Crippen LogP contribution in [0.1, 0.15) is 0 Å². The Balaban J connectivity index is 2.24. The van der Waals surface area contributed by atoms with Crippen molar-refractivity contribution in [3.05, 3.63) is 46.5 Å². The molecule has 1 aromatic carbocycles. The lowest BCUT2D eigenvalue weighted by molar-refractivity contribution is -0.384. The van der Waals surface area contributed by atoms with Crippen molar-refractivity contribution in [2.45, 2.75) is 4.90 Å². The Morgan fingerprint density at radius 3 is 2.58 bits per heavy atom. The molecular weight excluding hydrogens is 266 g/mol. The summed E-state index contributed by atoms with van der Waals surface area (Å²) >= 11 is 1.61. The molecule has 2 aromatic rings. The van der Waals surface area contributed by atoms with Gasteiger partial charge in [0.15, 0.2) is 0 Å². The van der Waals surface area contributed by atoms with Crippen molar-refractivity contribution < 1.29 is 9.66 Å². The largest absolute Gasteiger partial charge is 0.439 e. The van der Waals surface area contributed by atoms with Crippen LogP contribution in [0.2, 0.25) is 0 Å². The molecule has 7 heteroatoms. The predicted molar refractivity (Wildman–Crippen MR) is 73.6 cm³/mol. The van der Waals surface area contributed by atoms with Crippen LogP contribution in [0, 0.1) is 10.1 Å². The van der Waals surface area contributed by atoms with E-state index < -0.39 is 4.92 Å². The van der Waals surface area contributed by atoms with Gasteiger partial charge in [0.25, 0.3) is 5.69 Å². The van der Waals surface area contributed by atoms with Gasteiger partial charge in [0, 0.05) is 4.90 Å². The summed E-state index contributed by atoms with van der Waals surface area (Å²) < 4.78 is 5.44. The number of nitrogens with two attached hydrogens (primary N) is 1. The first-order chi connectivity index (χ1) is 9.08. The van der Waals surface area contributed by atoms with Crippen molar-refractivity contribution in [1.29, 1.82) is 0 Å². The summed E-state index contributed by atoms with van der Waals surface area (Å²) in [6.07, 6.45) is 1.97. The predicted octanol–water partition coefficient (Wildman–Crippen LogP) is 3.09. The second kappa shape index (κ2) is 5.57. The van der Waals surface area contributed by atoms with E-state index >= 15 is 0 Å². The van der Waals surface area contributed by atoms with E-state index in [4.69, 9.17) is 10.5 Å². The molecule has 6 nitrogen and oxygen atoms in total. The molecule has 19 heavy (non-hydrogen) atoms. The molecule has 0 radical (unpaired) electrons. The molecule has 0 saturated heterocycles. The summed E-state index contributed by atoms with van der Waals surface area (Å²) in [6, 6.07) is 9.73. The van der Waals surface area contributed by atoms with E-state index in [1.54, 1.807) is 23.9 Å². The van der Waals surface area contributed by atoms with Crippen LogP contribution in [0.15, 0.2) is 41.3 Å². The minimum absolute atomic E-state index is 0.0462. The van der Waals surface area contributed by atoms with Crippen molar-refractivity contribution in [2.24, 2.45) is 0 Å². The maximum atomic E-state index is 10.7.